The van der Waals surface area contributed by atoms with Crippen LogP contribution in [0.5, 0.6) is 11.5 Å². The first kappa shape index (κ1) is 27.2. The summed E-state index contributed by atoms with van der Waals surface area (Å²) in [4.78, 5) is 39.4. The van der Waals surface area contributed by atoms with Crippen molar-refractivity contribution in [3.63, 3.8) is 0 Å². The van der Waals surface area contributed by atoms with Crippen LogP contribution in [0.3, 0.4) is 0 Å². The summed E-state index contributed by atoms with van der Waals surface area (Å²) in [5.74, 6) is -0.561. The number of anilines is 1. The highest BCUT2D eigenvalue weighted by Gasteiger charge is 2.36. The van der Waals surface area contributed by atoms with Crippen LogP contribution >= 0.6 is 27.5 Å². The van der Waals surface area contributed by atoms with E-state index in [9.17, 15) is 14.4 Å². The van der Waals surface area contributed by atoms with Gasteiger partial charge in [0, 0.05) is 20.6 Å². The molecule has 1 N–H and O–H groups in total. The predicted octanol–water partition coefficient (Wildman–Crippen LogP) is 6.48. The van der Waals surface area contributed by atoms with Crippen LogP contribution in [0.4, 0.5) is 10.5 Å². The Morgan fingerprint density at radius 1 is 1.03 bits per heavy atom. The molecule has 0 bridgehead atoms. The average Bonchev–Trinajstić information content (AvgIpc) is 2.88. The molecule has 1 aliphatic rings. The molecule has 4 rings (SSSR count). The normalized spacial score (nSPS) is 14.4. The first-order valence-electron chi connectivity index (χ1n) is 11.8. The van der Waals surface area contributed by atoms with E-state index in [1.165, 1.54) is 6.08 Å². The van der Waals surface area contributed by atoms with Gasteiger partial charge < -0.3 is 9.47 Å². The number of urea groups is 1. The summed E-state index contributed by atoms with van der Waals surface area (Å²) in [5, 5.41) is 2.83. The van der Waals surface area contributed by atoms with Crippen molar-refractivity contribution in [2.24, 2.45) is 0 Å². The molecule has 1 aliphatic heterocycles. The Morgan fingerprint density at radius 2 is 1.76 bits per heavy atom. The third kappa shape index (κ3) is 5.98. The zero-order valence-electron chi connectivity index (χ0n) is 20.5. The molecule has 0 radical (unpaired) electrons. The van der Waals surface area contributed by atoms with E-state index >= 15 is 0 Å². The molecule has 0 spiro atoms. The monoisotopic (exact) mass is 594 g/mol. The Balaban J connectivity index is 1.72. The van der Waals surface area contributed by atoms with Crippen molar-refractivity contribution in [1.82, 2.24) is 5.32 Å². The van der Waals surface area contributed by atoms with Gasteiger partial charge in [-0.25, -0.2) is 9.69 Å². The fraction of sp³-hybridized carbons (Fsp3) is 0.138. The maximum atomic E-state index is 13.3. The molecule has 38 heavy (non-hydrogen) atoms. The van der Waals surface area contributed by atoms with Crippen LogP contribution in [0.25, 0.3) is 6.08 Å². The summed E-state index contributed by atoms with van der Waals surface area (Å²) in [5.41, 5.74) is 2.23. The zero-order chi connectivity index (χ0) is 27.2. The molecular formula is C29H24BrClN2O5. The maximum Gasteiger partial charge on any atom is 0.335 e. The third-order valence-electron chi connectivity index (χ3n) is 5.65. The lowest BCUT2D eigenvalue weighted by Crippen LogP contribution is -2.54. The summed E-state index contributed by atoms with van der Waals surface area (Å²) >= 11 is 9.62. The molecule has 7 nitrogen and oxygen atoms in total. The number of imide groups is 2. The SMILES string of the molecule is C=CCc1cc(/C=C2\C(=O)NC(=O)N(c3ccc(Br)cc3)C2=O)cc(OCC)c1OCc1ccccc1Cl. The summed E-state index contributed by atoms with van der Waals surface area (Å²) in [6.45, 7) is 6.26. The van der Waals surface area contributed by atoms with Gasteiger partial charge in [-0.05, 0) is 67.4 Å². The van der Waals surface area contributed by atoms with Crippen LogP contribution < -0.4 is 19.7 Å². The highest BCUT2D eigenvalue weighted by molar-refractivity contribution is 9.10. The van der Waals surface area contributed by atoms with Gasteiger partial charge in [-0.2, -0.15) is 0 Å². The number of halogens is 2. The highest BCUT2D eigenvalue weighted by Crippen LogP contribution is 2.36. The fourth-order valence-corrected chi connectivity index (χ4v) is 4.37. The summed E-state index contributed by atoms with van der Waals surface area (Å²) in [7, 11) is 0. The number of allylic oxidation sites excluding steroid dienone is 1. The maximum absolute atomic E-state index is 13.3. The quantitative estimate of drug-likeness (QED) is 0.174. The van der Waals surface area contributed by atoms with Crippen molar-refractivity contribution in [1.29, 1.82) is 0 Å². The number of nitrogens with one attached hydrogen (secondary N) is 1. The van der Waals surface area contributed by atoms with E-state index in [0.717, 1.165) is 20.5 Å². The molecule has 3 aromatic carbocycles. The number of hydrogen-bond donors (Lipinski definition) is 1. The van der Waals surface area contributed by atoms with Gasteiger partial charge in [-0.15, -0.1) is 6.58 Å². The van der Waals surface area contributed by atoms with Gasteiger partial charge in [0.05, 0.1) is 12.3 Å². The van der Waals surface area contributed by atoms with Crippen LogP contribution in [-0.4, -0.2) is 24.5 Å². The summed E-state index contributed by atoms with van der Waals surface area (Å²) in [6.07, 6.45) is 3.60. The molecule has 9 heteroatoms. The molecule has 1 fully saturated rings. The lowest BCUT2D eigenvalue weighted by molar-refractivity contribution is -0.122. The number of rotatable bonds is 9. The first-order valence-corrected chi connectivity index (χ1v) is 12.9. The van der Waals surface area contributed by atoms with Crippen molar-refractivity contribution in [2.45, 2.75) is 20.0 Å². The third-order valence-corrected chi connectivity index (χ3v) is 6.54. The van der Waals surface area contributed by atoms with E-state index in [4.69, 9.17) is 21.1 Å². The summed E-state index contributed by atoms with van der Waals surface area (Å²) < 4.78 is 12.8. The Bertz CT molecular complexity index is 1440. The Hall–Kier alpha value is -3.88. The van der Waals surface area contributed by atoms with E-state index in [2.05, 4.69) is 27.8 Å². The van der Waals surface area contributed by atoms with E-state index in [0.29, 0.717) is 40.8 Å². The van der Waals surface area contributed by atoms with Gasteiger partial charge in [0.15, 0.2) is 11.5 Å². The topological polar surface area (TPSA) is 84.9 Å². The van der Waals surface area contributed by atoms with Crippen molar-refractivity contribution >= 4 is 57.1 Å². The predicted molar refractivity (Wildman–Crippen MR) is 150 cm³/mol. The van der Waals surface area contributed by atoms with Crippen molar-refractivity contribution in [3.8, 4) is 11.5 Å². The molecule has 0 aliphatic carbocycles. The molecule has 3 aromatic rings. The van der Waals surface area contributed by atoms with Crippen LogP contribution in [0.1, 0.15) is 23.6 Å². The van der Waals surface area contributed by atoms with Gasteiger partial charge in [0.2, 0.25) is 0 Å². The number of benzene rings is 3. The number of nitrogens with zero attached hydrogens (tertiary/aromatic N) is 1. The number of carbonyl (C=O) groups is 3. The second kappa shape index (κ2) is 12.1. The number of hydrogen-bond acceptors (Lipinski definition) is 5. The Kier molecular flexibility index (Phi) is 8.66. The van der Waals surface area contributed by atoms with Gasteiger partial charge in [0.1, 0.15) is 12.2 Å². The molecule has 0 atom stereocenters. The minimum absolute atomic E-state index is 0.191. The van der Waals surface area contributed by atoms with E-state index in [-0.39, 0.29) is 12.2 Å². The van der Waals surface area contributed by atoms with Gasteiger partial charge in [-0.3, -0.25) is 14.9 Å². The molecule has 1 heterocycles. The Morgan fingerprint density at radius 3 is 2.45 bits per heavy atom. The van der Waals surface area contributed by atoms with Crippen molar-refractivity contribution in [2.75, 3.05) is 11.5 Å². The zero-order valence-corrected chi connectivity index (χ0v) is 22.8. The number of ether oxygens (including phenoxy) is 2. The highest BCUT2D eigenvalue weighted by atomic mass is 79.9. The number of carbonyl (C=O) groups excluding carboxylic acids is 3. The molecule has 194 valence electrons. The van der Waals surface area contributed by atoms with E-state index in [1.54, 1.807) is 48.5 Å². The first-order chi connectivity index (χ1) is 18.3. The van der Waals surface area contributed by atoms with E-state index in [1.807, 2.05) is 25.1 Å². The Labute approximate surface area is 233 Å². The lowest BCUT2D eigenvalue weighted by Gasteiger charge is -2.26. The number of barbiturate groups is 1. The minimum Gasteiger partial charge on any atom is -0.490 e. The van der Waals surface area contributed by atoms with Crippen molar-refractivity contribution in [3.05, 3.63) is 105 Å². The van der Waals surface area contributed by atoms with Crippen LogP contribution in [0.15, 0.2) is 83.4 Å². The molecule has 0 unspecified atom stereocenters. The van der Waals surface area contributed by atoms with Crippen molar-refractivity contribution < 1.29 is 23.9 Å². The van der Waals surface area contributed by atoms with Crippen LogP contribution in [0, 0.1) is 0 Å². The molecule has 0 saturated carbocycles. The molecule has 1 saturated heterocycles. The standard InChI is InChI=1S/C29H24BrClN2O5/c1-3-7-19-14-18(16-25(37-4-2)26(19)38-17-20-8-5-6-9-24(20)31)15-23-27(34)32-29(36)33(28(23)35)22-12-10-21(30)11-13-22/h3,5-6,8-16H,1,4,7,17H2,2H3,(H,32,34,36)/b23-15+. The molecule has 4 amide bonds. The molecular weight excluding hydrogens is 572 g/mol. The van der Waals surface area contributed by atoms with E-state index < -0.39 is 17.8 Å². The smallest absolute Gasteiger partial charge is 0.335 e. The van der Waals surface area contributed by atoms with Gasteiger partial charge >= 0.3 is 6.03 Å². The van der Waals surface area contributed by atoms with Crippen LogP contribution in [0.2, 0.25) is 5.02 Å². The van der Waals surface area contributed by atoms with Crippen LogP contribution in [-0.2, 0) is 22.6 Å². The van der Waals surface area contributed by atoms with Gasteiger partial charge in [-0.1, -0.05) is 51.8 Å². The second-order valence-corrected chi connectivity index (χ2v) is 9.57. The fourth-order valence-electron chi connectivity index (χ4n) is 3.91. The largest absolute Gasteiger partial charge is 0.490 e. The minimum atomic E-state index is -0.815. The summed E-state index contributed by atoms with van der Waals surface area (Å²) in [6, 6.07) is 16.7. The average molecular weight is 596 g/mol. The number of amides is 4. The lowest BCUT2D eigenvalue weighted by atomic mass is 10.0. The molecule has 0 aromatic heterocycles. The van der Waals surface area contributed by atoms with Gasteiger partial charge in [0.25, 0.3) is 11.8 Å². The second-order valence-electron chi connectivity index (χ2n) is 8.25.